The van der Waals surface area contributed by atoms with Gasteiger partial charge in [-0.25, -0.2) is 4.72 Å². The SMILES string of the molecule is CCc1ccc(NC(=O)c2[nH]c(C)c(C(C)=O)c2C)cc1[S+](=O)([O-])Nc1ccccc1C#N. The maximum absolute atomic E-state index is 13.2. The molecule has 3 aromatic rings. The minimum Gasteiger partial charge on any atom is -0.588 e. The summed E-state index contributed by atoms with van der Waals surface area (Å²) in [5.74, 6) is -0.636. The van der Waals surface area contributed by atoms with Crippen LogP contribution >= 0.6 is 0 Å². The zero-order valence-corrected chi connectivity index (χ0v) is 19.6. The normalized spacial score (nSPS) is 12.5. The Morgan fingerprint density at radius 2 is 1.88 bits per heavy atom. The number of carbonyl (C=O) groups excluding carboxylic acids is 2. The number of nitrogens with one attached hydrogen (secondary N) is 3. The second-order valence-corrected chi connectivity index (χ2v) is 9.23. The Balaban J connectivity index is 1.95. The van der Waals surface area contributed by atoms with Crippen LogP contribution in [0.3, 0.4) is 0 Å². The van der Waals surface area contributed by atoms with Crippen LogP contribution in [0.4, 0.5) is 11.4 Å². The van der Waals surface area contributed by atoms with E-state index < -0.39 is 16.3 Å². The molecule has 3 N–H and O–H groups in total. The molecular weight excluding hydrogens is 440 g/mol. The number of amides is 1. The molecule has 2 aromatic carbocycles. The first-order chi connectivity index (χ1) is 15.6. The molecule has 0 aliphatic carbocycles. The van der Waals surface area contributed by atoms with Gasteiger partial charge in [0.05, 0.1) is 11.3 Å². The van der Waals surface area contributed by atoms with Crippen LogP contribution in [0.25, 0.3) is 0 Å². The van der Waals surface area contributed by atoms with Crippen molar-refractivity contribution in [2.24, 2.45) is 0 Å². The number of nitriles is 1. The maximum atomic E-state index is 13.2. The molecule has 1 atom stereocenters. The number of aromatic nitrogens is 1. The number of ketones is 1. The van der Waals surface area contributed by atoms with E-state index in [0.717, 1.165) is 0 Å². The minimum atomic E-state index is -4.04. The quantitative estimate of drug-likeness (QED) is 0.348. The number of sulfonamides is 1. The van der Waals surface area contributed by atoms with Crippen molar-refractivity contribution in [3.63, 3.8) is 0 Å². The molecule has 170 valence electrons. The lowest BCUT2D eigenvalue weighted by atomic mass is 10.1. The van der Waals surface area contributed by atoms with E-state index in [1.54, 1.807) is 38.1 Å². The predicted molar refractivity (Wildman–Crippen MR) is 126 cm³/mol. The molecule has 0 aliphatic heterocycles. The van der Waals surface area contributed by atoms with Gasteiger partial charge in [0.1, 0.15) is 11.8 Å². The third-order valence-corrected chi connectivity index (χ3v) is 6.75. The van der Waals surface area contributed by atoms with E-state index in [1.807, 2.05) is 13.0 Å². The van der Waals surface area contributed by atoms with Crippen molar-refractivity contribution in [2.75, 3.05) is 10.0 Å². The molecule has 8 nitrogen and oxygen atoms in total. The summed E-state index contributed by atoms with van der Waals surface area (Å²) < 4.78 is 28.8. The molecule has 0 saturated carbocycles. The van der Waals surface area contributed by atoms with Crippen molar-refractivity contribution in [1.82, 2.24) is 4.98 Å². The summed E-state index contributed by atoms with van der Waals surface area (Å²) >= 11 is 0. The monoisotopic (exact) mass is 464 g/mol. The highest BCUT2D eigenvalue weighted by Crippen LogP contribution is 2.29. The number of hydrogen-bond acceptors (Lipinski definition) is 5. The molecule has 0 spiro atoms. The zero-order chi connectivity index (χ0) is 24.3. The van der Waals surface area contributed by atoms with Crippen molar-refractivity contribution in [1.29, 1.82) is 5.26 Å². The minimum absolute atomic E-state index is 0.000596. The molecule has 0 bridgehead atoms. The highest BCUT2D eigenvalue weighted by molar-refractivity contribution is 7.99. The van der Waals surface area contributed by atoms with Gasteiger partial charge in [0, 0.05) is 28.6 Å². The molecule has 3 rings (SSSR count). The topological polar surface area (TPSA) is 138 Å². The number of H-pyrrole nitrogens is 1. The molecule has 1 heterocycles. The highest BCUT2D eigenvalue weighted by Gasteiger charge is 2.26. The van der Waals surface area contributed by atoms with Crippen LogP contribution in [0.1, 0.15) is 57.1 Å². The summed E-state index contributed by atoms with van der Waals surface area (Å²) in [7, 11) is -4.04. The Kier molecular flexibility index (Phi) is 6.81. The average molecular weight is 465 g/mol. The van der Waals surface area contributed by atoms with E-state index >= 15 is 0 Å². The number of hydrogen-bond donors (Lipinski definition) is 3. The van der Waals surface area contributed by atoms with Gasteiger partial charge in [0.2, 0.25) is 0 Å². The fourth-order valence-corrected chi connectivity index (χ4v) is 5.16. The molecule has 9 heteroatoms. The number of anilines is 2. The predicted octanol–water partition coefficient (Wildman–Crippen LogP) is 4.54. The summed E-state index contributed by atoms with van der Waals surface area (Å²) in [6.07, 6.45) is 0.446. The largest absolute Gasteiger partial charge is 0.588 e. The number of nitrogens with zero attached hydrogens (tertiary/aromatic N) is 1. The van der Waals surface area contributed by atoms with E-state index in [0.29, 0.717) is 28.8 Å². The highest BCUT2D eigenvalue weighted by atomic mass is 32.3. The Labute approximate surface area is 193 Å². The van der Waals surface area contributed by atoms with Crippen molar-refractivity contribution in [3.8, 4) is 6.07 Å². The van der Waals surface area contributed by atoms with Gasteiger partial charge < -0.3 is 14.9 Å². The molecule has 0 radical (unpaired) electrons. The average Bonchev–Trinajstić information content (AvgIpc) is 3.08. The molecule has 0 aliphatic rings. The first kappa shape index (κ1) is 23.9. The van der Waals surface area contributed by atoms with Crippen molar-refractivity contribution < 1.29 is 18.4 Å². The molecular formula is C24H24N4O4S. The van der Waals surface area contributed by atoms with E-state index in [-0.39, 0.29) is 33.3 Å². The van der Waals surface area contributed by atoms with Gasteiger partial charge in [-0.05, 0) is 51.0 Å². The van der Waals surface area contributed by atoms with Crippen LogP contribution in [0.15, 0.2) is 47.4 Å². The summed E-state index contributed by atoms with van der Waals surface area (Å²) in [6.45, 7) is 6.65. The molecule has 0 saturated heterocycles. The Morgan fingerprint density at radius 3 is 2.48 bits per heavy atom. The fourth-order valence-electron chi connectivity index (χ4n) is 3.74. The lowest BCUT2D eigenvalue weighted by Crippen LogP contribution is -2.23. The van der Waals surface area contributed by atoms with Gasteiger partial charge in [-0.3, -0.25) is 9.59 Å². The fraction of sp³-hybridized carbons (Fsp3) is 0.208. The van der Waals surface area contributed by atoms with Crippen molar-refractivity contribution in [3.05, 3.63) is 76.1 Å². The van der Waals surface area contributed by atoms with Gasteiger partial charge >= 0.3 is 0 Å². The molecule has 1 aromatic heterocycles. The summed E-state index contributed by atoms with van der Waals surface area (Å²) in [6, 6.07) is 12.9. The molecule has 1 amide bonds. The van der Waals surface area contributed by atoms with Crippen molar-refractivity contribution in [2.45, 2.75) is 39.0 Å². The summed E-state index contributed by atoms with van der Waals surface area (Å²) in [4.78, 5) is 27.6. The lowest BCUT2D eigenvalue weighted by molar-refractivity contribution is 0.101. The third-order valence-electron chi connectivity index (χ3n) is 5.30. The van der Waals surface area contributed by atoms with Crippen LogP contribution < -0.4 is 10.0 Å². The lowest BCUT2D eigenvalue weighted by Gasteiger charge is -2.19. The Bertz CT molecular complexity index is 1340. The standard InChI is InChI=1S/C24H24N4O4S/c1-5-17-10-11-19(27-24(30)23-14(2)22(16(4)29)15(3)26-23)12-21(17)33(31,32)28-20-9-7-6-8-18(20)13-25/h6-12H,5H2,1-4H3,(H3-,26,27,28,29,30,31,32). The van der Waals surface area contributed by atoms with Gasteiger partial charge in [0.25, 0.3) is 5.91 Å². The molecule has 33 heavy (non-hydrogen) atoms. The summed E-state index contributed by atoms with van der Waals surface area (Å²) in [5, 5.41) is 12.0. The number of rotatable bonds is 7. The van der Waals surface area contributed by atoms with Gasteiger partial charge in [0.15, 0.2) is 21.1 Å². The van der Waals surface area contributed by atoms with Crippen molar-refractivity contribution >= 4 is 33.5 Å². The summed E-state index contributed by atoms with van der Waals surface area (Å²) in [5.41, 5.74) is 3.03. The second-order valence-electron chi connectivity index (χ2n) is 7.57. The first-order valence-electron chi connectivity index (χ1n) is 10.2. The van der Waals surface area contributed by atoms with Gasteiger partial charge in [-0.1, -0.05) is 29.3 Å². The zero-order valence-electron chi connectivity index (χ0n) is 18.7. The van der Waals surface area contributed by atoms with Gasteiger partial charge in [-0.15, -0.1) is 0 Å². The number of aromatic amines is 1. The number of aryl methyl sites for hydroxylation is 2. The number of carbonyl (C=O) groups is 2. The van der Waals surface area contributed by atoms with E-state index in [9.17, 15) is 23.6 Å². The van der Waals surface area contributed by atoms with Crippen LogP contribution in [0, 0.1) is 25.2 Å². The van der Waals surface area contributed by atoms with E-state index in [1.165, 1.54) is 25.1 Å². The van der Waals surface area contributed by atoms with E-state index in [4.69, 9.17) is 0 Å². The number of benzene rings is 2. The smallest absolute Gasteiger partial charge is 0.272 e. The third kappa shape index (κ3) is 4.87. The Morgan fingerprint density at radius 1 is 1.18 bits per heavy atom. The number of Topliss-reactive ketones (excluding diaryl/α,β-unsaturated/α-hetero) is 1. The maximum Gasteiger partial charge on any atom is 0.272 e. The second kappa shape index (κ2) is 9.40. The van der Waals surface area contributed by atoms with Crippen LogP contribution in [0.2, 0.25) is 0 Å². The van der Waals surface area contributed by atoms with E-state index in [2.05, 4.69) is 15.0 Å². The number of para-hydroxylation sites is 1. The van der Waals surface area contributed by atoms with Crippen LogP contribution in [-0.4, -0.2) is 21.2 Å². The van der Waals surface area contributed by atoms with Crippen LogP contribution in [-0.2, 0) is 21.0 Å². The Hall–Kier alpha value is -3.74. The van der Waals surface area contributed by atoms with Gasteiger partial charge in [-0.2, -0.15) is 5.26 Å². The molecule has 1 unspecified atom stereocenters. The van der Waals surface area contributed by atoms with Crippen LogP contribution in [0.5, 0.6) is 0 Å². The molecule has 0 fully saturated rings. The first-order valence-corrected chi connectivity index (χ1v) is 11.7.